The SMILES string of the molecule is CC(C)(OC(=O)Nc1ccc([N+](=O)[O-])cc1)c1ccccc1. The van der Waals surface area contributed by atoms with Gasteiger partial charge in [-0.1, -0.05) is 30.3 Å². The van der Waals surface area contributed by atoms with E-state index in [-0.39, 0.29) is 5.69 Å². The summed E-state index contributed by atoms with van der Waals surface area (Å²) >= 11 is 0. The van der Waals surface area contributed by atoms with Crippen molar-refractivity contribution in [1.82, 2.24) is 0 Å². The smallest absolute Gasteiger partial charge is 0.412 e. The standard InChI is InChI=1S/C16H16N2O4/c1-16(2,12-6-4-3-5-7-12)22-15(19)17-13-8-10-14(11-9-13)18(20)21/h3-11H,1-2H3,(H,17,19). The van der Waals surface area contributed by atoms with Crippen molar-refractivity contribution in [2.75, 3.05) is 5.32 Å². The highest BCUT2D eigenvalue weighted by molar-refractivity contribution is 5.85. The summed E-state index contributed by atoms with van der Waals surface area (Å²) in [5.74, 6) is 0. The second-order valence-electron chi connectivity index (χ2n) is 5.19. The highest BCUT2D eigenvalue weighted by Gasteiger charge is 2.25. The molecule has 0 aliphatic heterocycles. The van der Waals surface area contributed by atoms with E-state index in [0.717, 1.165) is 5.56 Å². The van der Waals surface area contributed by atoms with E-state index in [9.17, 15) is 14.9 Å². The van der Waals surface area contributed by atoms with Gasteiger partial charge in [-0.05, 0) is 31.5 Å². The molecule has 2 aromatic rings. The highest BCUT2D eigenvalue weighted by Crippen LogP contribution is 2.25. The molecule has 2 rings (SSSR count). The van der Waals surface area contributed by atoms with E-state index in [4.69, 9.17) is 4.74 Å². The first-order valence-electron chi connectivity index (χ1n) is 6.68. The summed E-state index contributed by atoms with van der Waals surface area (Å²) in [6.07, 6.45) is -0.622. The molecule has 0 saturated heterocycles. The Labute approximate surface area is 127 Å². The van der Waals surface area contributed by atoms with Crippen LogP contribution in [0.25, 0.3) is 0 Å². The second-order valence-corrected chi connectivity index (χ2v) is 5.19. The number of rotatable bonds is 4. The quantitative estimate of drug-likeness (QED) is 0.681. The molecule has 0 heterocycles. The average Bonchev–Trinajstić information content (AvgIpc) is 2.48. The van der Waals surface area contributed by atoms with Gasteiger partial charge in [-0.2, -0.15) is 0 Å². The van der Waals surface area contributed by atoms with Gasteiger partial charge < -0.3 is 4.74 Å². The zero-order chi connectivity index (χ0) is 16.2. The van der Waals surface area contributed by atoms with Crippen LogP contribution in [0.4, 0.5) is 16.2 Å². The van der Waals surface area contributed by atoms with E-state index in [0.29, 0.717) is 5.69 Å². The van der Waals surface area contributed by atoms with Crippen LogP contribution < -0.4 is 5.32 Å². The zero-order valence-corrected chi connectivity index (χ0v) is 12.3. The number of carbonyl (C=O) groups excluding carboxylic acids is 1. The number of hydrogen-bond donors (Lipinski definition) is 1. The van der Waals surface area contributed by atoms with Crippen LogP contribution >= 0.6 is 0 Å². The molecule has 0 aliphatic rings. The lowest BCUT2D eigenvalue weighted by atomic mass is 9.98. The van der Waals surface area contributed by atoms with Gasteiger partial charge in [0.05, 0.1) is 4.92 Å². The number of carbonyl (C=O) groups is 1. The lowest BCUT2D eigenvalue weighted by Gasteiger charge is -2.25. The molecule has 0 radical (unpaired) electrons. The van der Waals surface area contributed by atoms with Crippen LogP contribution in [0.2, 0.25) is 0 Å². The van der Waals surface area contributed by atoms with E-state index in [1.807, 2.05) is 30.3 Å². The summed E-state index contributed by atoms with van der Waals surface area (Å²) in [7, 11) is 0. The van der Waals surface area contributed by atoms with Crippen LogP contribution in [-0.4, -0.2) is 11.0 Å². The van der Waals surface area contributed by atoms with Crippen LogP contribution in [0.3, 0.4) is 0 Å². The second kappa shape index (κ2) is 6.26. The molecule has 0 aliphatic carbocycles. The number of non-ortho nitro benzene ring substituents is 1. The number of anilines is 1. The van der Waals surface area contributed by atoms with Gasteiger partial charge in [-0.25, -0.2) is 4.79 Å². The summed E-state index contributed by atoms with van der Waals surface area (Å²) < 4.78 is 5.42. The van der Waals surface area contributed by atoms with Crippen LogP contribution in [0, 0.1) is 10.1 Å². The molecule has 0 bridgehead atoms. The first-order chi connectivity index (χ1) is 10.4. The van der Waals surface area contributed by atoms with Gasteiger partial charge in [0.25, 0.3) is 5.69 Å². The lowest BCUT2D eigenvalue weighted by molar-refractivity contribution is -0.384. The average molecular weight is 300 g/mol. The van der Waals surface area contributed by atoms with Crippen LogP contribution in [0.1, 0.15) is 19.4 Å². The van der Waals surface area contributed by atoms with Crippen molar-refractivity contribution >= 4 is 17.5 Å². The van der Waals surface area contributed by atoms with Gasteiger partial charge in [-0.3, -0.25) is 15.4 Å². The fourth-order valence-corrected chi connectivity index (χ4v) is 1.94. The number of benzene rings is 2. The largest absolute Gasteiger partial charge is 0.438 e. The summed E-state index contributed by atoms with van der Waals surface area (Å²) in [5, 5.41) is 13.1. The molecule has 1 amide bonds. The van der Waals surface area contributed by atoms with Crippen molar-refractivity contribution in [2.45, 2.75) is 19.4 Å². The van der Waals surface area contributed by atoms with Crippen LogP contribution in [-0.2, 0) is 10.3 Å². The minimum Gasteiger partial charge on any atom is -0.438 e. The molecule has 114 valence electrons. The summed E-state index contributed by atoms with van der Waals surface area (Å²) in [6, 6.07) is 14.9. The Hall–Kier alpha value is -2.89. The summed E-state index contributed by atoms with van der Waals surface area (Å²) in [6.45, 7) is 3.58. The molecule has 0 unspecified atom stereocenters. The molecule has 1 N–H and O–H groups in total. The van der Waals surface area contributed by atoms with E-state index in [1.165, 1.54) is 24.3 Å². The minimum absolute atomic E-state index is 0.0384. The maximum atomic E-state index is 12.0. The Morgan fingerprint density at radius 3 is 2.23 bits per heavy atom. The van der Waals surface area contributed by atoms with Gasteiger partial charge >= 0.3 is 6.09 Å². The van der Waals surface area contributed by atoms with Gasteiger partial charge in [0, 0.05) is 17.8 Å². The van der Waals surface area contributed by atoms with Crippen LogP contribution in [0.15, 0.2) is 54.6 Å². The molecule has 2 aromatic carbocycles. The van der Waals surface area contributed by atoms with Gasteiger partial charge in [-0.15, -0.1) is 0 Å². The minimum atomic E-state index is -0.786. The van der Waals surface area contributed by atoms with Crippen LogP contribution in [0.5, 0.6) is 0 Å². The summed E-state index contributed by atoms with van der Waals surface area (Å²) in [5.41, 5.74) is 0.475. The lowest BCUT2D eigenvalue weighted by Crippen LogP contribution is -2.28. The molecular formula is C16H16N2O4. The topological polar surface area (TPSA) is 81.5 Å². The van der Waals surface area contributed by atoms with Gasteiger partial charge in [0.1, 0.15) is 5.60 Å². The zero-order valence-electron chi connectivity index (χ0n) is 12.3. The number of nitro benzene ring substituents is 1. The van der Waals surface area contributed by atoms with Gasteiger partial charge in [0.15, 0.2) is 0 Å². The van der Waals surface area contributed by atoms with Crippen molar-refractivity contribution in [3.8, 4) is 0 Å². The Kier molecular flexibility index (Phi) is 4.41. The molecular weight excluding hydrogens is 284 g/mol. The number of amides is 1. The van der Waals surface area contributed by atoms with Crippen molar-refractivity contribution in [3.05, 3.63) is 70.3 Å². The molecule has 0 spiro atoms. The Morgan fingerprint density at radius 2 is 1.68 bits per heavy atom. The first-order valence-corrected chi connectivity index (χ1v) is 6.68. The predicted octanol–water partition coefficient (Wildman–Crippen LogP) is 4.08. The molecule has 0 fully saturated rings. The van der Waals surface area contributed by atoms with E-state index in [1.54, 1.807) is 13.8 Å². The highest BCUT2D eigenvalue weighted by atomic mass is 16.6. The number of hydrogen-bond acceptors (Lipinski definition) is 4. The fourth-order valence-electron chi connectivity index (χ4n) is 1.94. The van der Waals surface area contributed by atoms with Crippen molar-refractivity contribution in [2.24, 2.45) is 0 Å². The number of ether oxygens (including phenoxy) is 1. The predicted molar refractivity (Wildman–Crippen MR) is 82.7 cm³/mol. The third-order valence-electron chi connectivity index (χ3n) is 3.14. The number of nitro groups is 1. The van der Waals surface area contributed by atoms with E-state index in [2.05, 4.69) is 5.32 Å². The number of nitrogens with zero attached hydrogens (tertiary/aromatic N) is 1. The van der Waals surface area contributed by atoms with Crippen molar-refractivity contribution in [1.29, 1.82) is 0 Å². The third kappa shape index (κ3) is 3.82. The Morgan fingerprint density at radius 1 is 1.09 bits per heavy atom. The molecule has 6 heteroatoms. The maximum absolute atomic E-state index is 12.0. The van der Waals surface area contributed by atoms with Crippen molar-refractivity contribution in [3.63, 3.8) is 0 Å². The fraction of sp³-hybridized carbons (Fsp3) is 0.188. The van der Waals surface area contributed by atoms with Gasteiger partial charge in [0.2, 0.25) is 0 Å². The molecule has 0 atom stereocenters. The maximum Gasteiger partial charge on any atom is 0.412 e. The van der Waals surface area contributed by atoms with E-state index < -0.39 is 16.6 Å². The normalized spacial score (nSPS) is 10.8. The molecule has 0 saturated carbocycles. The third-order valence-corrected chi connectivity index (χ3v) is 3.14. The molecule has 0 aromatic heterocycles. The Balaban J connectivity index is 2.02. The monoisotopic (exact) mass is 300 g/mol. The Bertz CT molecular complexity index is 666. The molecule has 22 heavy (non-hydrogen) atoms. The molecule has 6 nitrogen and oxygen atoms in total. The summed E-state index contributed by atoms with van der Waals surface area (Å²) in [4.78, 5) is 22.0. The first kappa shape index (κ1) is 15.5. The van der Waals surface area contributed by atoms with E-state index >= 15 is 0 Å². The van der Waals surface area contributed by atoms with Crippen molar-refractivity contribution < 1.29 is 14.5 Å². The number of nitrogens with one attached hydrogen (secondary N) is 1.